The molecule has 0 aromatic heterocycles. The van der Waals surface area contributed by atoms with E-state index in [1.807, 2.05) is 0 Å². The summed E-state index contributed by atoms with van der Waals surface area (Å²) in [5.74, 6) is -8.69. The smallest absolute Gasteiger partial charge is 0.333 e. The third-order valence-corrected chi connectivity index (χ3v) is 8.43. The molecule has 8 nitrogen and oxygen atoms in total. The molecule has 4 bridgehead atoms. The number of aliphatic carboxylic acids is 4. The highest BCUT2D eigenvalue weighted by Gasteiger charge is 2.52. The Hall–Kier alpha value is -4.98. The van der Waals surface area contributed by atoms with Crippen LogP contribution in [0.3, 0.4) is 0 Å². The zero-order valence-electron chi connectivity index (χ0n) is 19.5. The van der Waals surface area contributed by atoms with Gasteiger partial charge in [-0.05, 0) is 44.5 Å². The van der Waals surface area contributed by atoms with Crippen molar-refractivity contribution in [2.24, 2.45) is 0 Å². The lowest BCUT2D eigenvalue weighted by atomic mass is 9.56. The SMILES string of the molecule is O=C(O)C1=C(C(=O)O)[C@H]2c3ccccc3[C@H]1c1cc3c(cc12)[C@H]1C(C(=O)O)=C(C(=O)O)[C@H]3c2ccccc21. The molecule has 6 aliphatic carbocycles. The first-order valence-corrected chi connectivity index (χ1v) is 12.0. The van der Waals surface area contributed by atoms with Crippen molar-refractivity contribution in [3.05, 3.63) is 127 Å². The van der Waals surface area contributed by atoms with Crippen LogP contribution in [-0.2, 0) is 19.2 Å². The number of hydrogen-bond donors (Lipinski definition) is 4. The summed E-state index contributed by atoms with van der Waals surface area (Å²) >= 11 is 0. The summed E-state index contributed by atoms with van der Waals surface area (Å²) in [6.07, 6.45) is 0. The Morgan fingerprint density at radius 1 is 0.395 bits per heavy atom. The van der Waals surface area contributed by atoms with Gasteiger partial charge in [0.25, 0.3) is 0 Å². The maximum Gasteiger partial charge on any atom is 0.333 e. The molecular formula is C30H18O8. The van der Waals surface area contributed by atoms with Crippen molar-refractivity contribution in [2.75, 3.05) is 0 Å². The first-order chi connectivity index (χ1) is 18.2. The molecule has 8 heteroatoms. The van der Waals surface area contributed by atoms with E-state index >= 15 is 0 Å². The maximum atomic E-state index is 12.4. The second kappa shape index (κ2) is 7.29. The van der Waals surface area contributed by atoms with Crippen molar-refractivity contribution in [3.8, 4) is 0 Å². The topological polar surface area (TPSA) is 149 Å². The standard InChI is InChI=1S/C30H18O8/c31-27(32)23-19-11-5-1-2-6-12(11)20(24(23)28(33)34)16-10-18-17(9-15(16)19)21-13-7-3-4-8-14(13)22(18)26(30(37)38)25(21)29(35)36/h1-10,19-22H,(H,31,32)(H,33,34)(H,35,36)(H,37,38)/t19-,20-,21-,22-/m0/s1. The molecule has 0 aliphatic heterocycles. The van der Waals surface area contributed by atoms with E-state index in [4.69, 9.17) is 0 Å². The van der Waals surface area contributed by atoms with E-state index in [1.165, 1.54) is 0 Å². The average molecular weight is 506 g/mol. The Morgan fingerprint density at radius 3 is 0.789 bits per heavy atom. The Kier molecular flexibility index (Phi) is 4.26. The molecule has 0 heterocycles. The Bertz CT molecular complexity index is 1510. The monoisotopic (exact) mass is 506 g/mol. The number of benzene rings is 3. The van der Waals surface area contributed by atoms with Crippen LogP contribution in [0.4, 0.5) is 0 Å². The van der Waals surface area contributed by atoms with Gasteiger partial charge < -0.3 is 20.4 Å². The largest absolute Gasteiger partial charge is 0.478 e. The van der Waals surface area contributed by atoms with Crippen LogP contribution in [-0.4, -0.2) is 44.3 Å². The summed E-state index contributed by atoms with van der Waals surface area (Å²) in [4.78, 5) is 49.8. The third-order valence-electron chi connectivity index (χ3n) is 8.43. The van der Waals surface area contributed by atoms with E-state index in [-0.39, 0.29) is 22.3 Å². The lowest BCUT2D eigenvalue weighted by Crippen LogP contribution is -2.37. The van der Waals surface area contributed by atoms with Gasteiger partial charge in [-0.1, -0.05) is 60.7 Å². The second-order valence-electron chi connectivity index (χ2n) is 9.98. The molecule has 0 spiro atoms. The normalized spacial score (nSPS) is 23.4. The minimum Gasteiger partial charge on any atom is -0.478 e. The quantitative estimate of drug-likeness (QED) is 0.418. The van der Waals surface area contributed by atoms with Gasteiger partial charge in [0.1, 0.15) is 0 Å². The Morgan fingerprint density at radius 2 is 0.605 bits per heavy atom. The molecule has 4 atom stereocenters. The van der Waals surface area contributed by atoms with E-state index in [1.54, 1.807) is 60.7 Å². The van der Waals surface area contributed by atoms with Crippen molar-refractivity contribution >= 4 is 23.9 Å². The fraction of sp³-hybridized carbons (Fsp3) is 0.133. The van der Waals surface area contributed by atoms with Crippen LogP contribution in [0.1, 0.15) is 68.2 Å². The first kappa shape index (κ1) is 22.2. The van der Waals surface area contributed by atoms with Gasteiger partial charge in [0, 0.05) is 23.7 Å². The predicted octanol–water partition coefficient (Wildman–Crippen LogP) is 3.80. The molecule has 3 aromatic rings. The fourth-order valence-corrected chi connectivity index (χ4v) is 7.23. The molecule has 3 aromatic carbocycles. The van der Waals surface area contributed by atoms with Crippen molar-refractivity contribution in [1.29, 1.82) is 0 Å². The highest BCUT2D eigenvalue weighted by molar-refractivity contribution is 6.06. The lowest BCUT2D eigenvalue weighted by molar-refractivity contribution is -0.136. The number of hydrogen-bond acceptors (Lipinski definition) is 4. The van der Waals surface area contributed by atoms with Gasteiger partial charge >= 0.3 is 23.9 Å². The molecule has 0 saturated carbocycles. The fourth-order valence-electron chi connectivity index (χ4n) is 7.23. The van der Waals surface area contributed by atoms with Gasteiger partial charge in [-0.25, -0.2) is 19.2 Å². The number of carboxylic acid groups (broad SMARTS) is 4. The summed E-state index contributed by atoms with van der Waals surface area (Å²) in [5, 5.41) is 40.6. The summed E-state index contributed by atoms with van der Waals surface area (Å²) < 4.78 is 0. The van der Waals surface area contributed by atoms with Crippen LogP contribution in [0.25, 0.3) is 0 Å². The van der Waals surface area contributed by atoms with Crippen molar-refractivity contribution < 1.29 is 39.6 Å². The first-order valence-electron chi connectivity index (χ1n) is 12.0. The molecule has 0 amide bonds. The van der Waals surface area contributed by atoms with Crippen molar-refractivity contribution in [2.45, 2.75) is 23.7 Å². The zero-order chi connectivity index (χ0) is 26.6. The molecule has 0 saturated heterocycles. The van der Waals surface area contributed by atoms with Gasteiger partial charge in [0.05, 0.1) is 22.3 Å². The molecule has 0 fully saturated rings. The van der Waals surface area contributed by atoms with Crippen LogP contribution in [0, 0.1) is 0 Å². The number of rotatable bonds is 4. The molecule has 0 unspecified atom stereocenters. The van der Waals surface area contributed by atoms with Crippen LogP contribution in [0.15, 0.2) is 83.0 Å². The zero-order valence-corrected chi connectivity index (χ0v) is 19.5. The van der Waals surface area contributed by atoms with E-state index < -0.39 is 47.5 Å². The lowest BCUT2D eigenvalue weighted by Gasteiger charge is -2.45. The average Bonchev–Trinajstić information content (AvgIpc) is 2.90. The Labute approximate surface area is 214 Å². The van der Waals surface area contributed by atoms with Crippen LogP contribution in [0.5, 0.6) is 0 Å². The number of carboxylic acids is 4. The van der Waals surface area contributed by atoms with E-state index in [9.17, 15) is 39.6 Å². The predicted molar refractivity (Wildman–Crippen MR) is 131 cm³/mol. The van der Waals surface area contributed by atoms with Gasteiger partial charge in [-0.2, -0.15) is 0 Å². The van der Waals surface area contributed by atoms with Crippen molar-refractivity contribution in [1.82, 2.24) is 0 Å². The van der Waals surface area contributed by atoms with Crippen LogP contribution < -0.4 is 0 Å². The highest BCUT2D eigenvalue weighted by Crippen LogP contribution is 2.61. The Balaban J connectivity index is 1.57. The van der Waals surface area contributed by atoms with Gasteiger partial charge in [-0.15, -0.1) is 0 Å². The minimum absolute atomic E-state index is 0.199. The third kappa shape index (κ3) is 2.53. The summed E-state index contributed by atoms with van der Waals surface area (Å²) in [6.45, 7) is 0. The summed E-state index contributed by atoms with van der Waals surface area (Å²) in [7, 11) is 0. The minimum atomic E-state index is -1.32. The molecule has 186 valence electrons. The van der Waals surface area contributed by atoms with Crippen LogP contribution in [0.2, 0.25) is 0 Å². The van der Waals surface area contributed by atoms with E-state index in [2.05, 4.69) is 0 Å². The van der Waals surface area contributed by atoms with Gasteiger partial charge in [0.15, 0.2) is 0 Å². The van der Waals surface area contributed by atoms with Gasteiger partial charge in [0.2, 0.25) is 0 Å². The van der Waals surface area contributed by atoms with E-state index in [0.29, 0.717) is 44.5 Å². The highest BCUT2D eigenvalue weighted by atomic mass is 16.4. The molecule has 4 N–H and O–H groups in total. The number of carbonyl (C=O) groups is 4. The van der Waals surface area contributed by atoms with Gasteiger partial charge in [-0.3, -0.25) is 0 Å². The van der Waals surface area contributed by atoms with Crippen LogP contribution >= 0.6 is 0 Å². The maximum absolute atomic E-state index is 12.4. The molecule has 6 aliphatic rings. The molecular weight excluding hydrogens is 488 g/mol. The second-order valence-corrected chi connectivity index (χ2v) is 9.98. The molecule has 9 rings (SSSR count). The molecule has 0 radical (unpaired) electrons. The molecule has 38 heavy (non-hydrogen) atoms. The van der Waals surface area contributed by atoms with Crippen molar-refractivity contribution in [3.63, 3.8) is 0 Å². The summed E-state index contributed by atoms with van der Waals surface area (Å²) in [6, 6.07) is 17.9. The van der Waals surface area contributed by atoms with E-state index in [0.717, 1.165) is 0 Å². The summed E-state index contributed by atoms with van der Waals surface area (Å²) in [5.41, 5.74) is 4.47.